The van der Waals surface area contributed by atoms with E-state index in [4.69, 9.17) is 9.47 Å². The van der Waals surface area contributed by atoms with Crippen LogP contribution in [0.1, 0.15) is 19.4 Å². The van der Waals surface area contributed by atoms with Crippen molar-refractivity contribution in [1.82, 2.24) is 4.90 Å². The minimum absolute atomic E-state index is 0.0126. The number of hydrogen-bond donors (Lipinski definition) is 0. The highest BCUT2D eigenvalue weighted by Crippen LogP contribution is 2.26. The van der Waals surface area contributed by atoms with Gasteiger partial charge in [0.1, 0.15) is 0 Å². The summed E-state index contributed by atoms with van der Waals surface area (Å²) in [6.07, 6.45) is 0.494. The molecular weight excluding hydrogens is 242 g/mol. The fourth-order valence-electron chi connectivity index (χ4n) is 2.61. The van der Waals surface area contributed by atoms with E-state index in [1.165, 1.54) is 12.7 Å². The van der Waals surface area contributed by atoms with Gasteiger partial charge in [-0.2, -0.15) is 0 Å². The molecule has 1 heterocycles. The Bertz CT molecular complexity index is 430. The van der Waals surface area contributed by atoms with Gasteiger partial charge in [-0.3, -0.25) is 4.90 Å². The molecule has 1 fully saturated rings. The zero-order valence-electron chi connectivity index (χ0n) is 11.8. The van der Waals surface area contributed by atoms with Crippen molar-refractivity contribution in [2.24, 2.45) is 0 Å². The van der Waals surface area contributed by atoms with Crippen molar-refractivity contribution < 1.29 is 14.3 Å². The van der Waals surface area contributed by atoms with Crippen molar-refractivity contribution >= 4 is 6.09 Å². The van der Waals surface area contributed by atoms with Gasteiger partial charge >= 0.3 is 6.09 Å². The van der Waals surface area contributed by atoms with Crippen molar-refractivity contribution in [3.63, 3.8) is 0 Å². The lowest BCUT2D eigenvalue weighted by Crippen LogP contribution is -2.61. The number of carbonyl (C=O) groups is 1. The standard InChI is InChI=1S/C15H21NO3/c1-15(2)11-19-10-13(16(15)14(17)18-3)9-12-7-5-4-6-8-12/h4-8,13H,9-11H2,1-3H3. The van der Waals surface area contributed by atoms with Crippen molar-refractivity contribution in [3.05, 3.63) is 35.9 Å². The Kier molecular flexibility index (Phi) is 4.10. The molecule has 19 heavy (non-hydrogen) atoms. The average Bonchev–Trinajstić information content (AvgIpc) is 2.38. The number of nitrogens with zero attached hydrogens (tertiary/aromatic N) is 1. The number of ether oxygens (including phenoxy) is 2. The molecule has 1 unspecified atom stereocenters. The topological polar surface area (TPSA) is 38.8 Å². The number of amides is 1. The van der Waals surface area contributed by atoms with Gasteiger partial charge in [0, 0.05) is 0 Å². The molecule has 1 saturated heterocycles. The van der Waals surface area contributed by atoms with E-state index in [9.17, 15) is 4.79 Å². The van der Waals surface area contributed by atoms with Gasteiger partial charge in [-0.05, 0) is 25.8 Å². The SMILES string of the molecule is COC(=O)N1C(Cc2ccccc2)COCC1(C)C. The molecule has 0 aliphatic carbocycles. The van der Waals surface area contributed by atoms with Gasteiger partial charge < -0.3 is 9.47 Å². The minimum atomic E-state index is -0.342. The van der Waals surface area contributed by atoms with Crippen LogP contribution in [0.4, 0.5) is 4.79 Å². The van der Waals surface area contributed by atoms with Gasteiger partial charge in [0.25, 0.3) is 0 Å². The van der Waals surface area contributed by atoms with Crippen LogP contribution in [-0.4, -0.2) is 42.9 Å². The zero-order chi connectivity index (χ0) is 13.9. The van der Waals surface area contributed by atoms with Crippen molar-refractivity contribution in [2.45, 2.75) is 31.8 Å². The lowest BCUT2D eigenvalue weighted by molar-refractivity contribution is -0.0766. The first-order valence-corrected chi connectivity index (χ1v) is 6.53. The number of rotatable bonds is 2. The first kappa shape index (κ1) is 13.9. The third kappa shape index (κ3) is 3.07. The molecule has 1 aliphatic rings. The van der Waals surface area contributed by atoms with Gasteiger partial charge in [-0.1, -0.05) is 30.3 Å². The Morgan fingerprint density at radius 1 is 1.42 bits per heavy atom. The molecule has 1 amide bonds. The molecule has 0 radical (unpaired) electrons. The second-order valence-electron chi connectivity index (χ2n) is 5.51. The molecule has 0 bridgehead atoms. The van der Waals surface area contributed by atoms with E-state index in [1.54, 1.807) is 0 Å². The molecule has 4 heteroatoms. The van der Waals surface area contributed by atoms with E-state index in [0.29, 0.717) is 13.2 Å². The maximum atomic E-state index is 12.0. The molecule has 0 saturated carbocycles. The average molecular weight is 263 g/mol. The number of methoxy groups -OCH3 is 1. The second-order valence-corrected chi connectivity index (χ2v) is 5.51. The number of hydrogen-bond acceptors (Lipinski definition) is 3. The summed E-state index contributed by atoms with van der Waals surface area (Å²) in [5, 5.41) is 0. The van der Waals surface area contributed by atoms with Crippen LogP contribution in [-0.2, 0) is 15.9 Å². The molecule has 0 N–H and O–H groups in total. The first-order valence-electron chi connectivity index (χ1n) is 6.53. The summed E-state index contributed by atoms with van der Waals surface area (Å²) >= 11 is 0. The van der Waals surface area contributed by atoms with E-state index in [1.807, 2.05) is 36.9 Å². The van der Waals surface area contributed by atoms with E-state index < -0.39 is 0 Å². The van der Waals surface area contributed by atoms with E-state index in [-0.39, 0.29) is 17.7 Å². The van der Waals surface area contributed by atoms with Crippen molar-refractivity contribution in [3.8, 4) is 0 Å². The molecular formula is C15H21NO3. The summed E-state index contributed by atoms with van der Waals surface area (Å²) in [5.74, 6) is 0. The number of morpholine rings is 1. The monoisotopic (exact) mass is 263 g/mol. The van der Waals surface area contributed by atoms with Crippen molar-refractivity contribution in [2.75, 3.05) is 20.3 Å². The summed E-state index contributed by atoms with van der Waals surface area (Å²) in [4.78, 5) is 13.8. The minimum Gasteiger partial charge on any atom is -0.453 e. The van der Waals surface area contributed by atoms with Crippen LogP contribution in [0.15, 0.2) is 30.3 Å². The molecule has 4 nitrogen and oxygen atoms in total. The Labute approximate surface area is 114 Å². The molecule has 2 rings (SSSR count). The largest absolute Gasteiger partial charge is 0.453 e. The fraction of sp³-hybridized carbons (Fsp3) is 0.533. The molecule has 1 aromatic carbocycles. The fourth-order valence-corrected chi connectivity index (χ4v) is 2.61. The quantitative estimate of drug-likeness (QED) is 0.822. The predicted molar refractivity (Wildman–Crippen MR) is 73.1 cm³/mol. The molecule has 104 valence electrons. The van der Waals surface area contributed by atoms with Crippen LogP contribution < -0.4 is 0 Å². The van der Waals surface area contributed by atoms with Crippen LogP contribution in [0.5, 0.6) is 0 Å². The van der Waals surface area contributed by atoms with Crippen molar-refractivity contribution in [1.29, 1.82) is 0 Å². The summed E-state index contributed by atoms with van der Waals surface area (Å²) in [7, 11) is 1.42. The van der Waals surface area contributed by atoms with Crippen LogP contribution >= 0.6 is 0 Å². The van der Waals surface area contributed by atoms with Crippen LogP contribution in [0.25, 0.3) is 0 Å². The highest BCUT2D eigenvalue weighted by atomic mass is 16.5. The predicted octanol–water partition coefficient (Wildman–Crippen LogP) is 2.47. The number of carbonyl (C=O) groups excluding carboxylic acids is 1. The summed E-state index contributed by atoms with van der Waals surface area (Å²) in [6.45, 7) is 5.09. The van der Waals surface area contributed by atoms with Gasteiger partial charge in [-0.25, -0.2) is 4.79 Å². The van der Waals surface area contributed by atoms with E-state index >= 15 is 0 Å². The Hall–Kier alpha value is -1.55. The first-order chi connectivity index (χ1) is 9.04. The summed E-state index contributed by atoms with van der Waals surface area (Å²) in [5.41, 5.74) is 0.854. The summed E-state index contributed by atoms with van der Waals surface area (Å²) in [6, 6.07) is 10.1. The highest BCUT2D eigenvalue weighted by molar-refractivity contribution is 5.69. The highest BCUT2D eigenvalue weighted by Gasteiger charge is 2.41. The smallest absolute Gasteiger partial charge is 0.410 e. The maximum Gasteiger partial charge on any atom is 0.410 e. The third-order valence-corrected chi connectivity index (χ3v) is 3.47. The zero-order valence-corrected chi connectivity index (χ0v) is 11.8. The molecule has 0 spiro atoms. The van der Waals surface area contributed by atoms with Gasteiger partial charge in [0.2, 0.25) is 0 Å². The lowest BCUT2D eigenvalue weighted by Gasteiger charge is -2.46. The number of benzene rings is 1. The molecule has 1 atom stereocenters. The van der Waals surface area contributed by atoms with E-state index in [0.717, 1.165) is 6.42 Å². The van der Waals surface area contributed by atoms with Crippen LogP contribution in [0, 0.1) is 0 Å². The van der Waals surface area contributed by atoms with Crippen LogP contribution in [0.3, 0.4) is 0 Å². The third-order valence-electron chi connectivity index (χ3n) is 3.47. The van der Waals surface area contributed by atoms with Crippen LogP contribution in [0.2, 0.25) is 0 Å². The second kappa shape index (κ2) is 5.61. The molecule has 1 aromatic rings. The van der Waals surface area contributed by atoms with Gasteiger partial charge in [-0.15, -0.1) is 0 Å². The lowest BCUT2D eigenvalue weighted by atomic mass is 9.96. The van der Waals surface area contributed by atoms with Gasteiger partial charge in [0.15, 0.2) is 0 Å². The molecule has 1 aliphatic heterocycles. The van der Waals surface area contributed by atoms with Gasteiger partial charge in [0.05, 0.1) is 31.9 Å². The van der Waals surface area contributed by atoms with E-state index in [2.05, 4.69) is 12.1 Å². The molecule has 0 aromatic heterocycles. The Balaban J connectivity index is 2.19. The summed E-state index contributed by atoms with van der Waals surface area (Å²) < 4.78 is 10.6. The Morgan fingerprint density at radius 3 is 2.74 bits per heavy atom. The Morgan fingerprint density at radius 2 is 2.11 bits per heavy atom. The maximum absolute atomic E-state index is 12.0. The normalized spacial score (nSPS) is 22.1.